The lowest BCUT2D eigenvalue weighted by Gasteiger charge is -2.26. The van der Waals surface area contributed by atoms with Crippen molar-refractivity contribution in [3.63, 3.8) is 0 Å². The minimum Gasteiger partial charge on any atom is -0.507 e. The zero-order chi connectivity index (χ0) is 25.0. The number of carbonyl (C=O) groups is 2. The normalized spacial score (nSPS) is 17.8. The largest absolute Gasteiger partial charge is 0.507 e. The number of aliphatic hydroxyl groups excluding tert-OH is 1. The number of nitrogens with zero attached hydrogens (tertiary/aromatic N) is 1. The van der Waals surface area contributed by atoms with Crippen molar-refractivity contribution in [2.75, 3.05) is 20.8 Å². The number of hydrogen-bond acceptors (Lipinski definition) is 5. The van der Waals surface area contributed by atoms with Gasteiger partial charge in [-0.3, -0.25) is 9.59 Å². The van der Waals surface area contributed by atoms with Gasteiger partial charge in [0.15, 0.2) is 0 Å². The van der Waals surface area contributed by atoms with Crippen LogP contribution in [0.2, 0.25) is 0 Å². The van der Waals surface area contributed by atoms with Gasteiger partial charge >= 0.3 is 0 Å². The van der Waals surface area contributed by atoms with E-state index in [2.05, 4.69) is 27.7 Å². The maximum Gasteiger partial charge on any atom is 0.295 e. The van der Waals surface area contributed by atoms with Crippen LogP contribution >= 0.6 is 0 Å². The van der Waals surface area contributed by atoms with Crippen LogP contribution in [-0.2, 0) is 15.0 Å². The number of ketones is 1. The number of rotatable bonds is 8. The maximum absolute atomic E-state index is 13.3. The lowest BCUT2D eigenvalue weighted by Crippen LogP contribution is -2.30. The molecule has 1 atom stereocenters. The van der Waals surface area contributed by atoms with Crippen molar-refractivity contribution in [3.05, 3.63) is 64.7 Å². The van der Waals surface area contributed by atoms with Crippen molar-refractivity contribution in [2.24, 2.45) is 0 Å². The third-order valence-corrected chi connectivity index (χ3v) is 6.29. The number of unbranched alkanes of at least 4 members (excludes halogenated alkanes) is 2. The third kappa shape index (κ3) is 4.96. The first-order valence-corrected chi connectivity index (χ1v) is 11.7. The first kappa shape index (κ1) is 25.3. The number of amides is 1. The van der Waals surface area contributed by atoms with Gasteiger partial charge in [0.1, 0.15) is 17.3 Å². The van der Waals surface area contributed by atoms with E-state index in [1.165, 1.54) is 7.11 Å². The molecule has 1 unspecified atom stereocenters. The van der Waals surface area contributed by atoms with Gasteiger partial charge in [-0.25, -0.2) is 0 Å². The summed E-state index contributed by atoms with van der Waals surface area (Å²) in [7, 11) is 3.10. The number of Topliss-reactive ketones (excluding diaryl/α,β-unsaturated/α-hetero) is 1. The molecule has 0 saturated carbocycles. The van der Waals surface area contributed by atoms with E-state index in [-0.39, 0.29) is 16.7 Å². The Labute approximate surface area is 202 Å². The highest BCUT2D eigenvalue weighted by Gasteiger charge is 2.46. The quantitative estimate of drug-likeness (QED) is 0.237. The summed E-state index contributed by atoms with van der Waals surface area (Å²) >= 11 is 0. The van der Waals surface area contributed by atoms with Crippen molar-refractivity contribution in [2.45, 2.75) is 58.4 Å². The SMILES string of the molecule is CCCCCN1C(=O)C(=O)/C(=C(/O)c2cc(C(C)(C)C)ccc2OC)C1c1ccc(OC)cc1. The second kappa shape index (κ2) is 10.3. The van der Waals surface area contributed by atoms with Crippen molar-refractivity contribution in [1.29, 1.82) is 0 Å². The second-order valence-electron chi connectivity index (χ2n) is 9.64. The summed E-state index contributed by atoms with van der Waals surface area (Å²) in [5.41, 5.74) is 2.02. The summed E-state index contributed by atoms with van der Waals surface area (Å²) < 4.78 is 10.8. The summed E-state index contributed by atoms with van der Waals surface area (Å²) in [6, 6.07) is 12.1. The van der Waals surface area contributed by atoms with Gasteiger partial charge in [-0.15, -0.1) is 0 Å². The van der Waals surface area contributed by atoms with Crippen LogP contribution in [0.15, 0.2) is 48.0 Å². The Morgan fingerprint density at radius 2 is 1.68 bits per heavy atom. The first-order chi connectivity index (χ1) is 16.1. The maximum atomic E-state index is 13.3. The average molecular weight is 466 g/mol. The monoisotopic (exact) mass is 465 g/mol. The standard InChI is InChI=1S/C28H35NO5/c1-7-8-9-16-29-24(18-10-13-20(33-5)14-11-18)23(26(31)27(29)32)25(30)21-17-19(28(2,3)4)12-15-22(21)34-6/h10-15,17,24,30H,7-9,16H2,1-6H3/b25-23+. The predicted molar refractivity (Wildman–Crippen MR) is 133 cm³/mol. The minimum absolute atomic E-state index is 0.0797. The predicted octanol–water partition coefficient (Wildman–Crippen LogP) is 5.61. The molecular formula is C28H35NO5. The molecule has 0 radical (unpaired) electrons. The van der Waals surface area contributed by atoms with Gasteiger partial charge in [0.2, 0.25) is 0 Å². The molecule has 1 saturated heterocycles. The van der Waals surface area contributed by atoms with E-state index >= 15 is 0 Å². The molecule has 0 aromatic heterocycles. The van der Waals surface area contributed by atoms with Crippen LogP contribution in [0.3, 0.4) is 0 Å². The van der Waals surface area contributed by atoms with Crippen LogP contribution in [0.25, 0.3) is 5.76 Å². The molecule has 1 N–H and O–H groups in total. The zero-order valence-electron chi connectivity index (χ0n) is 21.0. The molecule has 0 spiro atoms. The lowest BCUT2D eigenvalue weighted by molar-refractivity contribution is -0.139. The topological polar surface area (TPSA) is 76.1 Å². The Kier molecular flexibility index (Phi) is 7.70. The summed E-state index contributed by atoms with van der Waals surface area (Å²) in [5, 5.41) is 11.5. The summed E-state index contributed by atoms with van der Waals surface area (Å²) in [4.78, 5) is 28.0. The Balaban J connectivity index is 2.21. The molecule has 2 aromatic carbocycles. The van der Waals surface area contributed by atoms with Crippen molar-refractivity contribution in [3.8, 4) is 11.5 Å². The van der Waals surface area contributed by atoms with Crippen molar-refractivity contribution >= 4 is 17.4 Å². The number of likely N-dealkylation sites (tertiary alicyclic amines) is 1. The molecule has 2 aromatic rings. The van der Waals surface area contributed by atoms with Gasteiger partial charge < -0.3 is 19.5 Å². The smallest absolute Gasteiger partial charge is 0.295 e. The highest BCUT2D eigenvalue weighted by Crippen LogP contribution is 2.42. The van der Waals surface area contributed by atoms with E-state index in [4.69, 9.17) is 9.47 Å². The minimum atomic E-state index is -0.689. The van der Waals surface area contributed by atoms with Crippen LogP contribution in [0, 0.1) is 0 Å². The molecule has 6 nitrogen and oxygen atoms in total. The van der Waals surface area contributed by atoms with Gasteiger partial charge in [0.25, 0.3) is 11.7 Å². The molecule has 1 amide bonds. The highest BCUT2D eigenvalue weighted by atomic mass is 16.5. The molecule has 3 rings (SSSR count). The number of hydrogen-bond donors (Lipinski definition) is 1. The molecule has 1 fully saturated rings. The third-order valence-electron chi connectivity index (χ3n) is 6.29. The number of ether oxygens (including phenoxy) is 2. The van der Waals surface area contributed by atoms with Crippen LogP contribution in [0.1, 0.15) is 69.7 Å². The molecule has 1 aliphatic rings. The van der Waals surface area contributed by atoms with Gasteiger partial charge in [-0.2, -0.15) is 0 Å². The summed E-state index contributed by atoms with van der Waals surface area (Å²) in [6.45, 7) is 8.74. The van der Waals surface area contributed by atoms with Crippen molar-refractivity contribution < 1.29 is 24.2 Å². The zero-order valence-corrected chi connectivity index (χ0v) is 21.0. The highest BCUT2D eigenvalue weighted by molar-refractivity contribution is 6.46. The van der Waals surface area contributed by atoms with Gasteiger partial charge in [0, 0.05) is 6.54 Å². The summed E-state index contributed by atoms with van der Waals surface area (Å²) in [6.07, 6.45) is 2.72. The van der Waals surface area contributed by atoms with E-state index < -0.39 is 17.7 Å². The number of methoxy groups -OCH3 is 2. The second-order valence-corrected chi connectivity index (χ2v) is 9.64. The molecule has 0 bridgehead atoms. The van der Waals surface area contributed by atoms with Crippen LogP contribution in [-0.4, -0.2) is 42.5 Å². The molecule has 34 heavy (non-hydrogen) atoms. The average Bonchev–Trinajstić information content (AvgIpc) is 3.07. The van der Waals surface area contributed by atoms with E-state index in [1.54, 1.807) is 30.2 Å². The molecule has 0 aliphatic carbocycles. The van der Waals surface area contributed by atoms with Crippen LogP contribution in [0.5, 0.6) is 11.5 Å². The molecule has 182 valence electrons. The van der Waals surface area contributed by atoms with Crippen LogP contribution < -0.4 is 9.47 Å². The van der Waals surface area contributed by atoms with E-state index in [0.717, 1.165) is 30.4 Å². The Morgan fingerprint density at radius 3 is 2.24 bits per heavy atom. The fraction of sp³-hybridized carbons (Fsp3) is 0.429. The van der Waals surface area contributed by atoms with Gasteiger partial charge in [-0.05, 0) is 47.2 Å². The Hall–Kier alpha value is -3.28. The van der Waals surface area contributed by atoms with Gasteiger partial charge in [0.05, 0.1) is 31.4 Å². The number of benzene rings is 2. The van der Waals surface area contributed by atoms with E-state index in [0.29, 0.717) is 23.6 Å². The molecule has 1 aliphatic heterocycles. The lowest BCUT2D eigenvalue weighted by atomic mass is 9.85. The Morgan fingerprint density at radius 1 is 1.00 bits per heavy atom. The number of aliphatic hydroxyl groups is 1. The van der Waals surface area contributed by atoms with E-state index in [1.807, 2.05) is 24.3 Å². The van der Waals surface area contributed by atoms with E-state index in [9.17, 15) is 14.7 Å². The fourth-order valence-electron chi connectivity index (χ4n) is 4.28. The molecule has 6 heteroatoms. The molecular weight excluding hydrogens is 430 g/mol. The van der Waals surface area contributed by atoms with Crippen molar-refractivity contribution in [1.82, 2.24) is 4.90 Å². The Bertz CT molecular complexity index is 1080. The number of carbonyl (C=O) groups excluding carboxylic acids is 2. The van der Waals surface area contributed by atoms with Gasteiger partial charge in [-0.1, -0.05) is 58.7 Å². The fourth-order valence-corrected chi connectivity index (χ4v) is 4.28. The van der Waals surface area contributed by atoms with Crippen LogP contribution in [0.4, 0.5) is 0 Å². The first-order valence-electron chi connectivity index (χ1n) is 11.7. The molecule has 1 heterocycles. The summed E-state index contributed by atoms with van der Waals surface area (Å²) in [5.74, 6) is -0.384.